The number of fused-ring (bicyclic) bond motifs is 3. The van der Waals surface area contributed by atoms with E-state index in [2.05, 4.69) is 16.0 Å². The number of aliphatic hydroxyl groups excluding tert-OH is 3. The van der Waals surface area contributed by atoms with Gasteiger partial charge < -0.3 is 80.7 Å². The van der Waals surface area contributed by atoms with Crippen LogP contribution in [0.4, 0.5) is 4.79 Å². The van der Waals surface area contributed by atoms with E-state index in [0.717, 1.165) is 22.9 Å². The smallest absolute Gasteiger partial charge is 0.507 e. The zero-order chi connectivity index (χ0) is 49.4. The highest BCUT2D eigenvalue weighted by Crippen LogP contribution is 2.54. The average molecular weight is 971 g/mol. The summed E-state index contributed by atoms with van der Waals surface area (Å²) in [4.78, 5) is 76.7. The molecule has 0 radical (unpaired) electrons. The number of aliphatic carboxylic acids is 2. The molecule has 6 aliphatic rings. The number of methoxy groups -OCH3 is 1. The minimum atomic E-state index is -1.93. The number of aliphatic hydroxyl groups is 4. The molecule has 23 heteroatoms. The number of nitrogens with two attached hydrogens (primary N) is 1. The van der Waals surface area contributed by atoms with Gasteiger partial charge in [0.05, 0.1) is 24.5 Å². The average Bonchev–Trinajstić information content (AvgIpc) is 3.97. The van der Waals surface area contributed by atoms with Crippen molar-refractivity contribution < 1.29 is 87.8 Å². The summed E-state index contributed by atoms with van der Waals surface area (Å²) in [5, 5.41) is 70.7. The first-order valence-corrected chi connectivity index (χ1v) is 22.8. The Kier molecular flexibility index (Phi) is 15.1. The van der Waals surface area contributed by atoms with Crippen LogP contribution in [-0.4, -0.2) is 155 Å². The fraction of sp³-hybridized carbons (Fsp3) is 0.511. The lowest BCUT2D eigenvalue weighted by Gasteiger charge is -2.43. The van der Waals surface area contributed by atoms with Gasteiger partial charge in [-0.25, -0.2) is 9.59 Å². The molecule has 2 heterocycles. The highest BCUT2D eigenvalue weighted by molar-refractivity contribution is 7.99. The predicted molar refractivity (Wildman–Crippen MR) is 236 cm³/mol. The molecule has 368 valence electrons. The Balaban J connectivity index is 1.34. The number of carbonyl (C=O) groups excluding carboxylic acids is 4. The molecule has 22 nitrogen and oxygen atoms in total. The predicted octanol–water partition coefficient (Wildman–Crippen LogP) is 0.519. The summed E-state index contributed by atoms with van der Waals surface area (Å²) in [7, 11) is 2.99. The third-order valence-corrected chi connectivity index (χ3v) is 14.2. The highest BCUT2D eigenvalue weighted by Gasteiger charge is 2.53. The molecule has 11 N–H and O–H groups in total. The lowest BCUT2D eigenvalue weighted by atomic mass is 9.83. The van der Waals surface area contributed by atoms with Crippen molar-refractivity contribution >= 4 is 53.7 Å². The highest BCUT2D eigenvalue weighted by atomic mass is 32.2. The third-order valence-electron chi connectivity index (χ3n) is 12.8. The van der Waals surface area contributed by atoms with Crippen molar-refractivity contribution in [3.05, 3.63) is 86.4 Å². The second-order valence-electron chi connectivity index (χ2n) is 17.1. The topological polar surface area (TPSA) is 341 Å². The van der Waals surface area contributed by atoms with Gasteiger partial charge in [-0.1, -0.05) is 17.7 Å². The maximum Gasteiger partial charge on any atom is 0.508 e. The number of allylic oxidation sites excluding steroid dienone is 5. The molecule has 2 aliphatic heterocycles. The summed E-state index contributed by atoms with van der Waals surface area (Å²) in [6, 6.07) is -0.709. The standard InChI is InChI=1S/C45H54N4O18S/c1-18-11-21(62-4)13-23-22(18)5-7-29(50)33(23)42(59)66-38-37(67-43-34(47-3)36(55)35(54)19(2)64-43)24-12-20-9-10-45(61,30-16-63-44(60)65-30)26(20)14-25(24)39(38)68-17-28(40(56)48-15-32(52)53)49-31(51)8-6-27(46)41(57)58/h7,9-10,12-14,19,27-28,30,34-39,43,47,50,54-55,61H,5-6,8,11,15-17,46H2,1-4H3,(H,48,56)(H,49,51)(H,52,53)(H,57,58). The van der Waals surface area contributed by atoms with E-state index in [1.807, 2.05) is 6.92 Å². The largest absolute Gasteiger partial charge is 0.508 e. The molecule has 0 aromatic heterocycles. The fourth-order valence-corrected chi connectivity index (χ4v) is 10.5. The van der Waals surface area contributed by atoms with E-state index in [0.29, 0.717) is 40.9 Å². The number of carboxylic acid groups (broad SMARTS) is 2. The Morgan fingerprint density at radius 2 is 1.85 bits per heavy atom. The number of hydrogen-bond acceptors (Lipinski definition) is 19. The van der Waals surface area contributed by atoms with E-state index >= 15 is 0 Å². The molecule has 68 heavy (non-hydrogen) atoms. The van der Waals surface area contributed by atoms with E-state index in [1.165, 1.54) is 33.2 Å². The molecule has 12 unspecified atom stereocenters. The fourth-order valence-electron chi connectivity index (χ4n) is 9.04. The number of benzene rings is 1. The zero-order valence-electron chi connectivity index (χ0n) is 37.3. The van der Waals surface area contributed by atoms with Gasteiger partial charge in [-0.05, 0) is 91.4 Å². The molecular formula is C45H54N4O18S. The van der Waals surface area contributed by atoms with Crippen molar-refractivity contribution in [3.63, 3.8) is 0 Å². The Labute approximate surface area is 393 Å². The molecule has 0 saturated carbocycles. The number of rotatable bonds is 18. The minimum absolute atomic E-state index is 0.201. The van der Waals surface area contributed by atoms with E-state index in [9.17, 15) is 59.4 Å². The molecule has 1 aromatic carbocycles. The molecule has 1 aromatic rings. The lowest BCUT2D eigenvalue weighted by Crippen LogP contribution is -2.62. The number of hydrogen-bond donors (Lipinski definition) is 10. The molecule has 2 saturated heterocycles. The Hall–Kier alpha value is -5.79. The number of nitrogens with one attached hydrogen (secondary N) is 3. The molecule has 0 spiro atoms. The maximum absolute atomic E-state index is 14.9. The van der Waals surface area contributed by atoms with Gasteiger partial charge in [0.1, 0.15) is 72.3 Å². The summed E-state index contributed by atoms with van der Waals surface area (Å²) in [5.41, 5.74) is 6.84. The van der Waals surface area contributed by atoms with Crippen LogP contribution in [0.15, 0.2) is 64.2 Å². The number of thioether (sulfide) groups is 1. The van der Waals surface area contributed by atoms with Gasteiger partial charge in [0.2, 0.25) is 11.8 Å². The number of likely N-dealkylation sites (N-methyl/N-ethyl adjacent to an activating group) is 1. The van der Waals surface area contributed by atoms with Crippen LogP contribution in [0, 0.1) is 0 Å². The van der Waals surface area contributed by atoms with Gasteiger partial charge in [-0.3, -0.25) is 19.2 Å². The summed E-state index contributed by atoms with van der Waals surface area (Å²) in [6.07, 6.45) is -3.83. The van der Waals surface area contributed by atoms with Gasteiger partial charge in [0.15, 0.2) is 12.4 Å². The molecule has 2 fully saturated rings. The van der Waals surface area contributed by atoms with Crippen molar-refractivity contribution in [2.75, 3.05) is 33.1 Å². The molecule has 7 rings (SSSR count). The normalized spacial score (nSPS) is 30.2. The first-order valence-electron chi connectivity index (χ1n) is 21.7. The van der Waals surface area contributed by atoms with Crippen LogP contribution >= 0.6 is 11.8 Å². The van der Waals surface area contributed by atoms with E-state index in [-0.39, 0.29) is 35.7 Å². The van der Waals surface area contributed by atoms with E-state index in [1.54, 1.807) is 24.3 Å². The van der Waals surface area contributed by atoms with Gasteiger partial charge in [-0.2, -0.15) is 0 Å². The van der Waals surface area contributed by atoms with E-state index in [4.69, 9.17) is 34.2 Å². The van der Waals surface area contributed by atoms with Crippen LogP contribution < -0.4 is 21.7 Å². The van der Waals surface area contributed by atoms with Crippen LogP contribution in [0.1, 0.15) is 73.1 Å². The number of ether oxygens (including phenoxy) is 6. The number of esters is 1. The summed E-state index contributed by atoms with van der Waals surface area (Å²) in [5.74, 6) is -5.71. The summed E-state index contributed by atoms with van der Waals surface area (Å²) < 4.78 is 35.2. The van der Waals surface area contributed by atoms with Gasteiger partial charge in [0, 0.05) is 18.6 Å². The number of carbonyl (C=O) groups is 6. The first kappa shape index (κ1) is 50.1. The van der Waals surface area contributed by atoms with Gasteiger partial charge in [-0.15, -0.1) is 11.8 Å². The monoisotopic (exact) mass is 970 g/mol. The SMILES string of the molecule is CNC1C(OC2c3cc4c(cc3C(SCC(NC(=O)CCC(N)C(=O)O)C(=O)NCC(=O)O)C2OC(=O)C2=C3C=C(OC)CC(C)=C3CC=C2O)C(O)(C2COC(=O)O2)C=C4)OC(C)C(O)C1O. The molecule has 12 atom stereocenters. The zero-order valence-corrected chi connectivity index (χ0v) is 38.1. The van der Waals surface area contributed by atoms with Crippen LogP contribution in [0.5, 0.6) is 0 Å². The Bertz CT molecular complexity index is 2400. The molecular weight excluding hydrogens is 917 g/mol. The van der Waals surface area contributed by atoms with Crippen LogP contribution in [-0.2, 0) is 58.0 Å². The minimum Gasteiger partial charge on any atom is -0.507 e. The first-order chi connectivity index (χ1) is 32.3. The third kappa shape index (κ3) is 10.0. The Morgan fingerprint density at radius 1 is 1.10 bits per heavy atom. The van der Waals surface area contributed by atoms with Crippen LogP contribution in [0.25, 0.3) is 6.08 Å². The van der Waals surface area contributed by atoms with Crippen molar-refractivity contribution in [3.8, 4) is 0 Å². The number of carboxylic acids is 2. The summed E-state index contributed by atoms with van der Waals surface area (Å²) >= 11 is 0.954. The van der Waals surface area contributed by atoms with Crippen molar-refractivity contribution in [1.82, 2.24) is 16.0 Å². The van der Waals surface area contributed by atoms with Crippen molar-refractivity contribution in [1.29, 1.82) is 0 Å². The van der Waals surface area contributed by atoms with Gasteiger partial charge in [0.25, 0.3) is 0 Å². The maximum atomic E-state index is 14.9. The second-order valence-corrected chi connectivity index (χ2v) is 18.3. The molecule has 0 bridgehead atoms. The molecule has 2 amide bonds. The lowest BCUT2D eigenvalue weighted by molar-refractivity contribution is -0.281. The van der Waals surface area contributed by atoms with E-state index < -0.39 is 121 Å². The van der Waals surface area contributed by atoms with Crippen LogP contribution in [0.3, 0.4) is 0 Å². The second kappa shape index (κ2) is 20.4. The number of amides is 2. The number of cyclic esters (lactones) is 2. The van der Waals surface area contributed by atoms with Crippen molar-refractivity contribution in [2.45, 2.75) is 111 Å². The van der Waals surface area contributed by atoms with Crippen molar-refractivity contribution in [2.24, 2.45) is 5.73 Å². The van der Waals surface area contributed by atoms with Crippen LogP contribution in [0.2, 0.25) is 0 Å². The van der Waals surface area contributed by atoms with Gasteiger partial charge >= 0.3 is 24.1 Å². The Morgan fingerprint density at radius 3 is 2.51 bits per heavy atom. The molecule has 4 aliphatic carbocycles. The summed E-state index contributed by atoms with van der Waals surface area (Å²) in [6.45, 7) is 2.27. The quantitative estimate of drug-likeness (QED) is 0.0897.